The van der Waals surface area contributed by atoms with Crippen LogP contribution in [0.2, 0.25) is 0 Å². The first-order chi connectivity index (χ1) is 10.1. The Labute approximate surface area is 125 Å². The normalized spacial score (nSPS) is 11.1. The molecule has 0 saturated carbocycles. The molecule has 0 atom stereocenters. The van der Waals surface area contributed by atoms with E-state index in [1.165, 1.54) is 31.4 Å². The lowest BCUT2D eigenvalue weighted by Crippen LogP contribution is -1.98. The molecular formula is C17H23FO3. The van der Waals surface area contributed by atoms with Gasteiger partial charge in [-0.1, -0.05) is 44.7 Å². The van der Waals surface area contributed by atoms with Crippen molar-refractivity contribution < 1.29 is 19.0 Å². The molecule has 21 heavy (non-hydrogen) atoms. The number of halogens is 1. The maximum atomic E-state index is 13.8. The number of ether oxygens (including phenoxy) is 1. The fourth-order valence-electron chi connectivity index (χ4n) is 1.94. The molecule has 1 rings (SSSR count). The SMILES string of the molecule is CCCCCCCOCc1ccc(C=CC(=O)O)cc1F. The highest BCUT2D eigenvalue weighted by Gasteiger charge is 2.03. The highest BCUT2D eigenvalue weighted by Crippen LogP contribution is 2.13. The highest BCUT2D eigenvalue weighted by molar-refractivity contribution is 5.85. The number of aliphatic carboxylic acids is 1. The molecule has 0 bridgehead atoms. The van der Waals surface area contributed by atoms with Gasteiger partial charge >= 0.3 is 5.97 Å². The minimum absolute atomic E-state index is 0.253. The van der Waals surface area contributed by atoms with Gasteiger partial charge in [-0.15, -0.1) is 0 Å². The molecule has 1 aromatic carbocycles. The molecule has 0 aromatic heterocycles. The molecule has 116 valence electrons. The molecule has 3 nitrogen and oxygen atoms in total. The van der Waals surface area contributed by atoms with Gasteiger partial charge in [0.05, 0.1) is 6.61 Å². The third-order valence-electron chi connectivity index (χ3n) is 3.15. The summed E-state index contributed by atoms with van der Waals surface area (Å²) in [5.41, 5.74) is 1.02. The van der Waals surface area contributed by atoms with Crippen molar-refractivity contribution in [2.75, 3.05) is 6.61 Å². The number of benzene rings is 1. The lowest BCUT2D eigenvalue weighted by Gasteiger charge is -2.06. The van der Waals surface area contributed by atoms with E-state index in [-0.39, 0.29) is 12.4 Å². The minimum Gasteiger partial charge on any atom is -0.478 e. The van der Waals surface area contributed by atoms with E-state index < -0.39 is 5.97 Å². The van der Waals surface area contributed by atoms with Gasteiger partial charge in [0.2, 0.25) is 0 Å². The lowest BCUT2D eigenvalue weighted by molar-refractivity contribution is -0.131. The zero-order chi connectivity index (χ0) is 15.5. The van der Waals surface area contributed by atoms with Crippen LogP contribution in [0.15, 0.2) is 24.3 Å². The number of carbonyl (C=O) groups is 1. The Morgan fingerprint density at radius 3 is 2.71 bits per heavy atom. The van der Waals surface area contributed by atoms with Crippen molar-refractivity contribution in [3.63, 3.8) is 0 Å². The molecule has 0 spiro atoms. The average molecular weight is 294 g/mol. The monoisotopic (exact) mass is 294 g/mol. The van der Waals surface area contributed by atoms with E-state index in [0.29, 0.717) is 17.7 Å². The van der Waals surface area contributed by atoms with Gasteiger partial charge in [0.25, 0.3) is 0 Å². The number of hydrogen-bond donors (Lipinski definition) is 1. The smallest absolute Gasteiger partial charge is 0.328 e. The molecule has 0 aliphatic rings. The molecule has 0 amide bonds. The van der Waals surface area contributed by atoms with Gasteiger partial charge in [0.15, 0.2) is 0 Å². The molecular weight excluding hydrogens is 271 g/mol. The summed E-state index contributed by atoms with van der Waals surface area (Å²) in [6.07, 6.45) is 8.19. The summed E-state index contributed by atoms with van der Waals surface area (Å²) in [5, 5.41) is 8.52. The second-order valence-electron chi connectivity index (χ2n) is 4.99. The lowest BCUT2D eigenvalue weighted by atomic mass is 10.1. The predicted octanol–water partition coefficient (Wildman–Crippen LogP) is 4.41. The quantitative estimate of drug-likeness (QED) is 0.513. The van der Waals surface area contributed by atoms with E-state index in [4.69, 9.17) is 9.84 Å². The zero-order valence-corrected chi connectivity index (χ0v) is 12.5. The van der Waals surface area contributed by atoms with Crippen LogP contribution >= 0.6 is 0 Å². The van der Waals surface area contributed by atoms with E-state index in [1.807, 2.05) is 0 Å². The largest absolute Gasteiger partial charge is 0.478 e. The van der Waals surface area contributed by atoms with Crippen LogP contribution in [0.25, 0.3) is 6.08 Å². The van der Waals surface area contributed by atoms with Crippen molar-refractivity contribution in [2.45, 2.75) is 45.6 Å². The van der Waals surface area contributed by atoms with E-state index in [2.05, 4.69) is 6.92 Å². The van der Waals surface area contributed by atoms with Gasteiger partial charge in [0, 0.05) is 18.2 Å². The average Bonchev–Trinajstić information content (AvgIpc) is 2.46. The molecule has 0 aliphatic carbocycles. The number of rotatable bonds is 10. The second kappa shape index (κ2) is 10.1. The second-order valence-corrected chi connectivity index (χ2v) is 4.99. The predicted molar refractivity (Wildman–Crippen MR) is 81.5 cm³/mol. The van der Waals surface area contributed by atoms with Crippen molar-refractivity contribution in [1.29, 1.82) is 0 Å². The van der Waals surface area contributed by atoms with Gasteiger partial charge in [-0.05, 0) is 24.1 Å². The van der Waals surface area contributed by atoms with Crippen molar-refractivity contribution in [3.8, 4) is 0 Å². The highest BCUT2D eigenvalue weighted by atomic mass is 19.1. The van der Waals surface area contributed by atoms with Crippen LogP contribution < -0.4 is 0 Å². The van der Waals surface area contributed by atoms with Crippen LogP contribution in [-0.2, 0) is 16.1 Å². The Hall–Kier alpha value is -1.68. The van der Waals surface area contributed by atoms with Crippen LogP contribution in [0.3, 0.4) is 0 Å². The fraction of sp³-hybridized carbons (Fsp3) is 0.471. The Balaban J connectivity index is 2.34. The first kappa shape index (κ1) is 17.4. The summed E-state index contributed by atoms with van der Waals surface area (Å²) in [6, 6.07) is 4.63. The first-order valence-electron chi connectivity index (χ1n) is 7.40. The summed E-state index contributed by atoms with van der Waals surface area (Å²) in [7, 11) is 0. The molecule has 0 aliphatic heterocycles. The molecule has 4 heteroatoms. The standard InChI is InChI=1S/C17H23FO3/c1-2-3-4-5-6-11-21-13-15-9-7-14(12-16(15)18)8-10-17(19)20/h7-10,12H,2-6,11,13H2,1H3,(H,19,20). The molecule has 0 unspecified atom stereocenters. The molecule has 1 N–H and O–H groups in total. The third kappa shape index (κ3) is 7.61. The molecule has 1 aromatic rings. The molecule has 0 saturated heterocycles. The van der Waals surface area contributed by atoms with Crippen LogP contribution in [-0.4, -0.2) is 17.7 Å². The summed E-state index contributed by atoms with van der Waals surface area (Å²) >= 11 is 0. The Morgan fingerprint density at radius 2 is 2.05 bits per heavy atom. The van der Waals surface area contributed by atoms with Crippen molar-refractivity contribution in [1.82, 2.24) is 0 Å². The maximum Gasteiger partial charge on any atom is 0.328 e. The van der Waals surface area contributed by atoms with E-state index in [1.54, 1.807) is 12.1 Å². The van der Waals surface area contributed by atoms with Crippen LogP contribution in [0, 0.1) is 5.82 Å². The van der Waals surface area contributed by atoms with Crippen molar-refractivity contribution in [3.05, 3.63) is 41.2 Å². The van der Waals surface area contributed by atoms with Crippen molar-refractivity contribution >= 4 is 12.0 Å². The maximum absolute atomic E-state index is 13.8. The number of carboxylic acid groups (broad SMARTS) is 1. The van der Waals surface area contributed by atoms with Gasteiger partial charge in [0.1, 0.15) is 5.82 Å². The number of carboxylic acids is 1. The Kier molecular flexibility index (Phi) is 8.36. The van der Waals surface area contributed by atoms with Gasteiger partial charge < -0.3 is 9.84 Å². The van der Waals surface area contributed by atoms with E-state index in [0.717, 1.165) is 18.9 Å². The zero-order valence-electron chi connectivity index (χ0n) is 12.5. The van der Waals surface area contributed by atoms with Crippen molar-refractivity contribution in [2.24, 2.45) is 0 Å². The van der Waals surface area contributed by atoms with Crippen LogP contribution in [0.4, 0.5) is 4.39 Å². The summed E-state index contributed by atoms with van der Waals surface area (Å²) in [5.74, 6) is -1.42. The van der Waals surface area contributed by atoms with Gasteiger partial charge in [-0.2, -0.15) is 0 Å². The van der Waals surface area contributed by atoms with Gasteiger partial charge in [-0.25, -0.2) is 9.18 Å². The summed E-state index contributed by atoms with van der Waals surface area (Å²) < 4.78 is 19.3. The van der Waals surface area contributed by atoms with E-state index in [9.17, 15) is 9.18 Å². The fourth-order valence-corrected chi connectivity index (χ4v) is 1.94. The topological polar surface area (TPSA) is 46.5 Å². The van der Waals surface area contributed by atoms with Crippen LogP contribution in [0.5, 0.6) is 0 Å². The number of unbranched alkanes of at least 4 members (excludes halogenated alkanes) is 4. The molecule has 0 radical (unpaired) electrons. The first-order valence-corrected chi connectivity index (χ1v) is 7.40. The molecule has 0 fully saturated rings. The van der Waals surface area contributed by atoms with E-state index >= 15 is 0 Å². The van der Waals surface area contributed by atoms with Crippen LogP contribution in [0.1, 0.15) is 50.2 Å². The Bertz CT molecular complexity index is 469. The summed E-state index contributed by atoms with van der Waals surface area (Å²) in [4.78, 5) is 10.4. The van der Waals surface area contributed by atoms with Gasteiger partial charge in [-0.3, -0.25) is 0 Å². The molecule has 0 heterocycles. The Morgan fingerprint density at radius 1 is 1.29 bits per heavy atom. The number of hydrogen-bond acceptors (Lipinski definition) is 2. The minimum atomic E-state index is -1.05. The third-order valence-corrected chi connectivity index (χ3v) is 3.15. The summed E-state index contributed by atoms with van der Waals surface area (Å²) in [6.45, 7) is 3.07.